The van der Waals surface area contributed by atoms with E-state index in [9.17, 15) is 14.4 Å². The van der Waals surface area contributed by atoms with E-state index in [0.29, 0.717) is 0 Å². The fourth-order valence-corrected chi connectivity index (χ4v) is 1.68. The number of rotatable bonds is 5. The van der Waals surface area contributed by atoms with Crippen LogP contribution in [0.3, 0.4) is 0 Å². The summed E-state index contributed by atoms with van der Waals surface area (Å²) in [4.78, 5) is 31.8. The molecule has 0 aliphatic carbocycles. The highest BCUT2D eigenvalue weighted by molar-refractivity contribution is 5.91. The fraction of sp³-hybridized carbons (Fsp3) is 0.0435. The van der Waals surface area contributed by atoms with E-state index in [2.05, 4.69) is 22.6 Å². The van der Waals surface area contributed by atoms with Crippen LogP contribution in [0.2, 0.25) is 0 Å². The Kier molecular flexibility index (Phi) is 13.3. The summed E-state index contributed by atoms with van der Waals surface area (Å²) < 4.78 is 9.34. The molecule has 0 saturated carbocycles. The molecule has 2 rings (SSSR count). The molecule has 2 aromatic carbocycles. The van der Waals surface area contributed by atoms with Crippen LogP contribution in [0.1, 0.15) is 22.8 Å². The van der Waals surface area contributed by atoms with E-state index in [1.807, 2.05) is 30.3 Å². The number of aromatic carboxylic acids is 1. The second-order valence-corrected chi connectivity index (χ2v) is 5.08. The summed E-state index contributed by atoms with van der Waals surface area (Å²) in [6, 6.07) is 17.3. The quantitative estimate of drug-likeness (QED) is 0.257. The van der Waals surface area contributed by atoms with Crippen LogP contribution in [-0.4, -0.2) is 23.0 Å². The summed E-state index contributed by atoms with van der Waals surface area (Å²) in [7, 11) is 0. The SMILES string of the molecule is C=CC#N.C=CC(=O)OC=Cc1ccccc1.CC(=O)Oc1ccccc1C(=O)O. The first-order valence-corrected chi connectivity index (χ1v) is 8.41. The monoisotopic (exact) mass is 407 g/mol. The Hall–Kier alpha value is -4.44. The molecule has 154 valence electrons. The van der Waals surface area contributed by atoms with Gasteiger partial charge in [-0.15, -0.1) is 0 Å². The molecule has 1 N–H and O–H groups in total. The van der Waals surface area contributed by atoms with E-state index in [1.54, 1.807) is 24.3 Å². The third kappa shape index (κ3) is 12.0. The third-order valence-electron chi connectivity index (χ3n) is 2.87. The Morgan fingerprint density at radius 2 is 1.60 bits per heavy atom. The van der Waals surface area contributed by atoms with E-state index in [0.717, 1.165) is 11.6 Å². The normalized spacial score (nSPS) is 8.80. The van der Waals surface area contributed by atoms with Crippen molar-refractivity contribution in [2.75, 3.05) is 0 Å². The van der Waals surface area contributed by atoms with Gasteiger partial charge in [-0.3, -0.25) is 4.79 Å². The maximum absolute atomic E-state index is 10.6. The zero-order chi connectivity index (χ0) is 22.8. The van der Waals surface area contributed by atoms with Gasteiger partial charge in [0, 0.05) is 19.1 Å². The van der Waals surface area contributed by atoms with Crippen molar-refractivity contribution in [1.29, 1.82) is 5.26 Å². The third-order valence-corrected chi connectivity index (χ3v) is 2.87. The van der Waals surface area contributed by atoms with Gasteiger partial charge >= 0.3 is 17.9 Å². The van der Waals surface area contributed by atoms with Gasteiger partial charge in [-0.2, -0.15) is 5.26 Å². The minimum atomic E-state index is -1.11. The van der Waals surface area contributed by atoms with E-state index in [-0.39, 0.29) is 11.3 Å². The fourth-order valence-electron chi connectivity index (χ4n) is 1.68. The van der Waals surface area contributed by atoms with Crippen molar-refractivity contribution in [2.24, 2.45) is 0 Å². The highest BCUT2D eigenvalue weighted by atomic mass is 16.5. The number of ether oxygens (including phenoxy) is 2. The molecule has 0 aliphatic heterocycles. The predicted octanol–water partition coefficient (Wildman–Crippen LogP) is 4.39. The average molecular weight is 407 g/mol. The molecule has 0 bridgehead atoms. The molecule has 0 amide bonds. The number of nitriles is 1. The topological polar surface area (TPSA) is 114 Å². The van der Waals surface area contributed by atoms with Gasteiger partial charge in [0.05, 0.1) is 12.3 Å². The van der Waals surface area contributed by atoms with Crippen molar-refractivity contribution in [3.05, 3.63) is 97.3 Å². The molecule has 0 aromatic heterocycles. The number of benzene rings is 2. The Bertz CT molecular complexity index is 926. The predicted molar refractivity (Wildman–Crippen MR) is 112 cm³/mol. The summed E-state index contributed by atoms with van der Waals surface area (Å²) >= 11 is 0. The standard InChI is InChI=1S/C11H10O2.C9H8O4.C3H3N/c1-2-11(12)13-9-8-10-6-4-3-5-7-10;1-6(10)13-8-5-3-2-4-7(8)9(11)12;1-2-3-4/h2-9H,1H2;2-5H,1H3,(H,11,12);2H,1H2. The molecule has 0 saturated heterocycles. The molecule has 0 spiro atoms. The van der Waals surface area contributed by atoms with E-state index in [4.69, 9.17) is 10.4 Å². The Morgan fingerprint density at radius 3 is 2.10 bits per heavy atom. The van der Waals surface area contributed by atoms with Gasteiger partial charge in [-0.25, -0.2) is 9.59 Å². The van der Waals surface area contributed by atoms with Crippen LogP contribution >= 0.6 is 0 Å². The van der Waals surface area contributed by atoms with E-state index < -0.39 is 17.9 Å². The molecule has 30 heavy (non-hydrogen) atoms. The minimum absolute atomic E-state index is 0.0160. The number of carbonyl (C=O) groups excluding carboxylic acids is 2. The minimum Gasteiger partial charge on any atom is -0.478 e. The van der Waals surface area contributed by atoms with Gasteiger partial charge in [0.15, 0.2) is 0 Å². The number of hydrogen-bond acceptors (Lipinski definition) is 6. The van der Waals surface area contributed by atoms with Crippen molar-refractivity contribution in [3.63, 3.8) is 0 Å². The zero-order valence-electron chi connectivity index (χ0n) is 16.4. The van der Waals surface area contributed by atoms with E-state index >= 15 is 0 Å². The smallest absolute Gasteiger partial charge is 0.339 e. The number of carbonyl (C=O) groups is 3. The number of carboxylic acid groups (broad SMARTS) is 1. The summed E-state index contributed by atoms with van der Waals surface area (Å²) in [5.74, 6) is -2.03. The van der Waals surface area contributed by atoms with Gasteiger partial charge in [-0.1, -0.05) is 55.6 Å². The molecular weight excluding hydrogens is 386 g/mol. The van der Waals surface area contributed by atoms with Crippen LogP contribution in [0, 0.1) is 11.3 Å². The van der Waals surface area contributed by atoms with Crippen molar-refractivity contribution in [1.82, 2.24) is 0 Å². The lowest BCUT2D eigenvalue weighted by molar-refractivity contribution is -0.133. The zero-order valence-corrected chi connectivity index (χ0v) is 16.4. The summed E-state index contributed by atoms with van der Waals surface area (Å²) in [5.41, 5.74) is 0.970. The van der Waals surface area contributed by atoms with Gasteiger partial charge in [0.25, 0.3) is 0 Å². The Balaban J connectivity index is 0.000000477. The Morgan fingerprint density at radius 1 is 1.03 bits per heavy atom. The number of para-hydroxylation sites is 1. The molecule has 7 heteroatoms. The van der Waals surface area contributed by atoms with Crippen LogP contribution < -0.4 is 4.74 Å². The number of hydrogen-bond donors (Lipinski definition) is 1. The summed E-state index contributed by atoms with van der Waals surface area (Å²) in [6.45, 7) is 7.62. The molecule has 7 nitrogen and oxygen atoms in total. The van der Waals surface area contributed by atoms with Crippen LogP contribution in [0.5, 0.6) is 5.75 Å². The first kappa shape index (κ1) is 25.6. The van der Waals surface area contributed by atoms with Crippen LogP contribution in [0.25, 0.3) is 6.08 Å². The second-order valence-electron chi connectivity index (χ2n) is 5.08. The number of carboxylic acids is 1. The first-order valence-electron chi connectivity index (χ1n) is 8.41. The highest BCUT2D eigenvalue weighted by Crippen LogP contribution is 2.17. The van der Waals surface area contributed by atoms with E-state index in [1.165, 1.54) is 31.4 Å². The number of allylic oxidation sites excluding steroid dienone is 1. The molecule has 0 unspecified atom stereocenters. The first-order chi connectivity index (χ1) is 14.3. The molecule has 0 heterocycles. The number of nitrogens with zero attached hydrogens (tertiary/aromatic N) is 1. The summed E-state index contributed by atoms with van der Waals surface area (Å²) in [5, 5.41) is 16.2. The molecular formula is C23H21NO6. The molecule has 2 aromatic rings. The molecule has 0 aliphatic rings. The van der Waals surface area contributed by atoms with Crippen molar-refractivity contribution >= 4 is 24.0 Å². The molecule has 0 fully saturated rings. The van der Waals surface area contributed by atoms with Crippen LogP contribution in [0.15, 0.2) is 86.2 Å². The highest BCUT2D eigenvalue weighted by Gasteiger charge is 2.10. The maximum atomic E-state index is 10.6. The van der Waals surface area contributed by atoms with Crippen molar-refractivity contribution in [3.8, 4) is 11.8 Å². The van der Waals surface area contributed by atoms with Crippen molar-refractivity contribution < 1.29 is 29.0 Å². The van der Waals surface area contributed by atoms with Gasteiger partial charge in [0.2, 0.25) is 0 Å². The van der Waals surface area contributed by atoms with Crippen LogP contribution in [-0.2, 0) is 14.3 Å². The lowest BCUT2D eigenvalue weighted by Crippen LogP contribution is -2.06. The second kappa shape index (κ2) is 15.6. The lowest BCUT2D eigenvalue weighted by Gasteiger charge is -2.03. The molecule has 0 atom stereocenters. The van der Waals surface area contributed by atoms with Crippen LogP contribution in [0.4, 0.5) is 0 Å². The average Bonchev–Trinajstić information content (AvgIpc) is 2.75. The molecule has 0 radical (unpaired) electrons. The lowest BCUT2D eigenvalue weighted by atomic mass is 10.2. The largest absolute Gasteiger partial charge is 0.478 e. The van der Waals surface area contributed by atoms with Crippen molar-refractivity contribution in [2.45, 2.75) is 6.92 Å². The Labute approximate surface area is 174 Å². The van der Waals surface area contributed by atoms with Gasteiger partial charge in [-0.05, 0) is 23.8 Å². The van der Waals surface area contributed by atoms with Gasteiger partial charge < -0.3 is 14.6 Å². The summed E-state index contributed by atoms with van der Waals surface area (Å²) in [6.07, 6.45) is 5.36. The number of esters is 2. The van der Waals surface area contributed by atoms with Gasteiger partial charge in [0.1, 0.15) is 11.3 Å². The maximum Gasteiger partial charge on any atom is 0.339 e.